The van der Waals surface area contributed by atoms with Crippen LogP contribution in [0, 0.1) is 12.8 Å². The van der Waals surface area contributed by atoms with E-state index in [1.807, 2.05) is 19.1 Å². The average molecular weight is 262 g/mol. The number of nitrogens with two attached hydrogens (primary N) is 1. The molecule has 2 unspecified atom stereocenters. The number of anilines is 1. The molecule has 1 aromatic rings. The van der Waals surface area contributed by atoms with E-state index in [1.165, 1.54) is 20.0 Å². The summed E-state index contributed by atoms with van der Waals surface area (Å²) in [6, 6.07) is 6.02. The average Bonchev–Trinajstić information content (AvgIpc) is 2.87. The van der Waals surface area contributed by atoms with E-state index in [0.29, 0.717) is 24.1 Å². The van der Waals surface area contributed by atoms with Crippen LogP contribution >= 0.6 is 0 Å². The summed E-state index contributed by atoms with van der Waals surface area (Å²) >= 11 is 0. The molecule has 2 atom stereocenters. The van der Waals surface area contributed by atoms with Crippen LogP contribution in [0.15, 0.2) is 18.2 Å². The van der Waals surface area contributed by atoms with Gasteiger partial charge in [0.05, 0.1) is 12.7 Å². The molecule has 0 aromatic heterocycles. The van der Waals surface area contributed by atoms with Crippen LogP contribution < -0.4 is 11.1 Å². The highest BCUT2D eigenvalue weighted by Gasteiger charge is 2.26. The predicted octanol–water partition coefficient (Wildman–Crippen LogP) is 2.32. The van der Waals surface area contributed by atoms with E-state index in [0.717, 1.165) is 17.7 Å². The molecule has 104 valence electrons. The minimum Gasteiger partial charge on any atom is -0.465 e. The second-order valence-electron chi connectivity index (χ2n) is 5.20. The Morgan fingerprint density at radius 3 is 2.95 bits per heavy atom. The maximum absolute atomic E-state index is 11.6. The molecular formula is C15H22N2O2. The van der Waals surface area contributed by atoms with Crippen LogP contribution in [0.5, 0.6) is 0 Å². The number of benzene rings is 1. The number of hydrogen-bond acceptors (Lipinski definition) is 4. The van der Waals surface area contributed by atoms with Crippen LogP contribution in [0.3, 0.4) is 0 Å². The number of ether oxygens (including phenoxy) is 1. The van der Waals surface area contributed by atoms with Crippen molar-refractivity contribution in [1.82, 2.24) is 0 Å². The lowest BCUT2D eigenvalue weighted by atomic mass is 10.0. The van der Waals surface area contributed by atoms with Crippen molar-refractivity contribution in [3.05, 3.63) is 29.3 Å². The van der Waals surface area contributed by atoms with Crippen LogP contribution in [-0.2, 0) is 4.74 Å². The summed E-state index contributed by atoms with van der Waals surface area (Å²) in [5, 5.41) is 3.54. The fourth-order valence-electron chi connectivity index (χ4n) is 2.73. The molecule has 19 heavy (non-hydrogen) atoms. The summed E-state index contributed by atoms with van der Waals surface area (Å²) in [4.78, 5) is 11.6. The van der Waals surface area contributed by atoms with Gasteiger partial charge in [-0.15, -0.1) is 0 Å². The summed E-state index contributed by atoms with van der Waals surface area (Å²) in [6.45, 7) is 2.75. The smallest absolute Gasteiger partial charge is 0.337 e. The van der Waals surface area contributed by atoms with Gasteiger partial charge in [0.15, 0.2) is 0 Å². The number of hydrogen-bond donors (Lipinski definition) is 2. The quantitative estimate of drug-likeness (QED) is 0.817. The van der Waals surface area contributed by atoms with E-state index in [9.17, 15) is 4.79 Å². The van der Waals surface area contributed by atoms with Crippen molar-refractivity contribution in [2.24, 2.45) is 11.7 Å². The largest absolute Gasteiger partial charge is 0.465 e. The maximum atomic E-state index is 11.6. The molecule has 0 bridgehead atoms. The topological polar surface area (TPSA) is 64.3 Å². The molecule has 4 nitrogen and oxygen atoms in total. The lowest BCUT2D eigenvalue weighted by Gasteiger charge is -2.22. The van der Waals surface area contributed by atoms with E-state index in [1.54, 1.807) is 6.07 Å². The Morgan fingerprint density at radius 1 is 1.47 bits per heavy atom. The van der Waals surface area contributed by atoms with Gasteiger partial charge in [-0.05, 0) is 49.9 Å². The Balaban J connectivity index is 2.17. The highest BCUT2D eigenvalue weighted by atomic mass is 16.5. The Bertz CT molecular complexity index is 459. The van der Waals surface area contributed by atoms with Gasteiger partial charge in [-0.3, -0.25) is 0 Å². The lowest BCUT2D eigenvalue weighted by molar-refractivity contribution is 0.0601. The molecule has 3 N–H and O–H groups in total. The van der Waals surface area contributed by atoms with Crippen LogP contribution in [-0.4, -0.2) is 25.7 Å². The van der Waals surface area contributed by atoms with Gasteiger partial charge in [0.2, 0.25) is 0 Å². The number of nitrogens with one attached hydrogen (secondary N) is 1. The molecule has 0 saturated heterocycles. The third-order valence-corrected chi connectivity index (χ3v) is 3.96. The van der Waals surface area contributed by atoms with E-state index < -0.39 is 0 Å². The molecule has 1 aromatic carbocycles. The van der Waals surface area contributed by atoms with E-state index in [-0.39, 0.29) is 5.97 Å². The Kier molecular flexibility index (Phi) is 4.43. The first-order chi connectivity index (χ1) is 9.15. The van der Waals surface area contributed by atoms with Crippen molar-refractivity contribution in [3.8, 4) is 0 Å². The van der Waals surface area contributed by atoms with Gasteiger partial charge >= 0.3 is 5.97 Å². The second-order valence-corrected chi connectivity index (χ2v) is 5.20. The van der Waals surface area contributed by atoms with Crippen LogP contribution in [0.4, 0.5) is 5.69 Å². The van der Waals surface area contributed by atoms with Crippen molar-refractivity contribution >= 4 is 11.7 Å². The predicted molar refractivity (Wildman–Crippen MR) is 76.3 cm³/mol. The molecule has 1 fully saturated rings. The monoisotopic (exact) mass is 262 g/mol. The molecule has 0 spiro atoms. The maximum Gasteiger partial charge on any atom is 0.337 e. The molecule has 0 amide bonds. The third kappa shape index (κ3) is 3.07. The molecule has 2 rings (SSSR count). The number of carbonyl (C=O) groups excluding carboxylic acids is 1. The van der Waals surface area contributed by atoms with E-state index >= 15 is 0 Å². The first-order valence-electron chi connectivity index (χ1n) is 6.81. The van der Waals surface area contributed by atoms with Gasteiger partial charge in [0.25, 0.3) is 0 Å². The summed E-state index contributed by atoms with van der Waals surface area (Å²) < 4.78 is 4.76. The van der Waals surface area contributed by atoms with Gasteiger partial charge < -0.3 is 15.8 Å². The molecule has 1 aliphatic rings. The van der Waals surface area contributed by atoms with Gasteiger partial charge in [-0.25, -0.2) is 4.79 Å². The Morgan fingerprint density at radius 2 is 2.26 bits per heavy atom. The second kappa shape index (κ2) is 6.06. The zero-order valence-corrected chi connectivity index (χ0v) is 11.6. The number of aryl methyl sites for hydroxylation is 1. The first kappa shape index (κ1) is 13.9. The Labute approximate surface area is 114 Å². The van der Waals surface area contributed by atoms with Crippen LogP contribution in [0.2, 0.25) is 0 Å². The molecule has 0 aliphatic heterocycles. The minimum atomic E-state index is -0.301. The fourth-order valence-corrected chi connectivity index (χ4v) is 2.73. The fraction of sp³-hybridized carbons (Fsp3) is 0.533. The SMILES string of the molecule is COC(=O)c1ccc(C)c(NC2CCCC2CN)c1. The van der Waals surface area contributed by atoms with Crippen LogP contribution in [0.25, 0.3) is 0 Å². The van der Waals surface area contributed by atoms with Crippen LogP contribution in [0.1, 0.15) is 35.2 Å². The van der Waals surface area contributed by atoms with E-state index in [2.05, 4.69) is 5.32 Å². The minimum absolute atomic E-state index is 0.301. The molecular weight excluding hydrogens is 240 g/mol. The van der Waals surface area contributed by atoms with Crippen molar-refractivity contribution in [1.29, 1.82) is 0 Å². The standard InChI is InChI=1S/C15H22N2O2/c1-10-6-7-11(15(18)19-2)8-14(10)17-13-5-3-4-12(13)9-16/h6-8,12-13,17H,3-5,9,16H2,1-2H3. The molecule has 1 saturated carbocycles. The molecule has 1 aliphatic carbocycles. The summed E-state index contributed by atoms with van der Waals surface area (Å²) in [7, 11) is 1.40. The highest BCUT2D eigenvalue weighted by molar-refractivity contribution is 5.90. The molecule has 0 radical (unpaired) electrons. The molecule has 4 heteroatoms. The Hall–Kier alpha value is -1.55. The lowest BCUT2D eigenvalue weighted by Crippen LogP contribution is -2.29. The highest BCUT2D eigenvalue weighted by Crippen LogP contribution is 2.29. The summed E-state index contributed by atoms with van der Waals surface area (Å²) in [5.74, 6) is 0.228. The number of methoxy groups -OCH3 is 1. The van der Waals surface area contributed by atoms with Crippen molar-refractivity contribution < 1.29 is 9.53 Å². The zero-order chi connectivity index (χ0) is 13.8. The van der Waals surface area contributed by atoms with Crippen molar-refractivity contribution in [2.45, 2.75) is 32.2 Å². The first-order valence-corrected chi connectivity index (χ1v) is 6.81. The normalized spacial score (nSPS) is 22.3. The van der Waals surface area contributed by atoms with Gasteiger partial charge in [-0.1, -0.05) is 12.5 Å². The van der Waals surface area contributed by atoms with E-state index in [4.69, 9.17) is 10.5 Å². The summed E-state index contributed by atoms with van der Waals surface area (Å²) in [5.41, 5.74) is 8.53. The van der Waals surface area contributed by atoms with Gasteiger partial charge in [-0.2, -0.15) is 0 Å². The van der Waals surface area contributed by atoms with Crippen molar-refractivity contribution in [3.63, 3.8) is 0 Å². The van der Waals surface area contributed by atoms with Gasteiger partial charge in [0.1, 0.15) is 0 Å². The van der Waals surface area contributed by atoms with Crippen molar-refractivity contribution in [2.75, 3.05) is 19.0 Å². The number of carbonyl (C=O) groups is 1. The molecule has 0 heterocycles. The third-order valence-electron chi connectivity index (χ3n) is 3.96. The summed E-state index contributed by atoms with van der Waals surface area (Å²) in [6.07, 6.45) is 3.54. The van der Waals surface area contributed by atoms with Gasteiger partial charge in [0, 0.05) is 11.7 Å². The number of esters is 1. The number of rotatable bonds is 4. The zero-order valence-electron chi connectivity index (χ0n) is 11.6.